The van der Waals surface area contributed by atoms with Gasteiger partial charge in [0.25, 0.3) is 0 Å². The van der Waals surface area contributed by atoms with Crippen LogP contribution in [0.3, 0.4) is 0 Å². The van der Waals surface area contributed by atoms with E-state index >= 15 is 0 Å². The summed E-state index contributed by atoms with van der Waals surface area (Å²) in [6.45, 7) is 0.0310. The highest BCUT2D eigenvalue weighted by molar-refractivity contribution is 7.91. The third kappa shape index (κ3) is 3.59. The highest BCUT2D eigenvalue weighted by atomic mass is 32.2. The number of thiophene rings is 1. The van der Waals surface area contributed by atoms with Gasteiger partial charge in [0.1, 0.15) is 4.21 Å². The van der Waals surface area contributed by atoms with Gasteiger partial charge in [-0.15, -0.1) is 11.3 Å². The molecule has 1 heterocycles. The summed E-state index contributed by atoms with van der Waals surface area (Å²) in [5.74, 6) is 4.43. The lowest BCUT2D eigenvalue weighted by molar-refractivity contribution is -0.120. The van der Waals surface area contributed by atoms with E-state index < -0.39 is 15.9 Å². The lowest BCUT2D eigenvalue weighted by Crippen LogP contribution is -2.34. The van der Waals surface area contributed by atoms with Crippen LogP contribution in [-0.2, 0) is 14.8 Å². The lowest BCUT2D eigenvalue weighted by Gasteiger charge is -2.03. The number of carbonyl (C=O) groups is 1. The SMILES string of the molecule is NNC(=O)CCNS(=O)(=O)c1cccs1. The summed E-state index contributed by atoms with van der Waals surface area (Å²) >= 11 is 1.12. The van der Waals surface area contributed by atoms with Gasteiger partial charge < -0.3 is 0 Å². The molecule has 0 radical (unpaired) electrons. The highest BCUT2D eigenvalue weighted by Crippen LogP contribution is 2.14. The molecule has 0 aliphatic heterocycles. The molecule has 0 unspecified atom stereocenters. The van der Waals surface area contributed by atoms with Gasteiger partial charge in [0, 0.05) is 13.0 Å². The van der Waals surface area contributed by atoms with E-state index in [1.165, 1.54) is 6.07 Å². The number of carbonyl (C=O) groups excluding carboxylic acids is 1. The van der Waals surface area contributed by atoms with Gasteiger partial charge in [-0.1, -0.05) is 6.07 Å². The molecular formula is C7H11N3O3S2. The number of rotatable bonds is 5. The Morgan fingerprint density at radius 1 is 1.53 bits per heavy atom. The maximum Gasteiger partial charge on any atom is 0.250 e. The quantitative estimate of drug-likeness (QED) is 0.368. The van der Waals surface area contributed by atoms with E-state index in [-0.39, 0.29) is 17.2 Å². The van der Waals surface area contributed by atoms with Gasteiger partial charge in [0.15, 0.2) is 0 Å². The minimum absolute atomic E-state index is 0.0150. The number of nitrogens with two attached hydrogens (primary N) is 1. The molecule has 1 rings (SSSR count). The molecule has 1 aromatic heterocycles. The van der Waals surface area contributed by atoms with Crippen LogP contribution in [0.2, 0.25) is 0 Å². The Kier molecular flexibility index (Phi) is 4.21. The predicted octanol–water partition coefficient (Wildman–Crippen LogP) is -0.594. The molecule has 0 aromatic carbocycles. The Labute approximate surface area is 91.5 Å². The van der Waals surface area contributed by atoms with Crippen molar-refractivity contribution in [2.75, 3.05) is 6.54 Å². The summed E-state index contributed by atoms with van der Waals surface area (Å²) in [7, 11) is -3.47. The standard InChI is InChI=1S/C7H11N3O3S2/c8-10-6(11)3-4-9-15(12,13)7-2-1-5-14-7/h1-2,5,9H,3-4,8H2,(H,10,11). The molecule has 0 atom stereocenters. The first-order valence-electron chi connectivity index (χ1n) is 4.09. The zero-order chi connectivity index (χ0) is 11.3. The molecule has 4 N–H and O–H groups in total. The predicted molar refractivity (Wildman–Crippen MR) is 56.5 cm³/mol. The fourth-order valence-electron chi connectivity index (χ4n) is 0.859. The molecule has 15 heavy (non-hydrogen) atoms. The average molecular weight is 249 g/mol. The molecule has 0 aliphatic carbocycles. The zero-order valence-corrected chi connectivity index (χ0v) is 9.40. The number of hydrazine groups is 1. The second kappa shape index (κ2) is 5.21. The third-order valence-electron chi connectivity index (χ3n) is 1.57. The minimum atomic E-state index is -3.47. The molecule has 8 heteroatoms. The second-order valence-corrected chi connectivity index (χ2v) is 5.59. The van der Waals surface area contributed by atoms with Crippen molar-refractivity contribution >= 4 is 27.3 Å². The Balaban J connectivity index is 2.49. The van der Waals surface area contributed by atoms with Gasteiger partial charge in [-0.05, 0) is 11.4 Å². The summed E-state index contributed by atoms with van der Waals surface area (Å²) in [5.41, 5.74) is 1.91. The smallest absolute Gasteiger partial charge is 0.250 e. The molecule has 0 spiro atoms. The normalized spacial score (nSPS) is 11.3. The van der Waals surface area contributed by atoms with Crippen LogP contribution < -0.4 is 16.0 Å². The second-order valence-electron chi connectivity index (χ2n) is 2.65. The molecule has 0 bridgehead atoms. The van der Waals surface area contributed by atoms with Crippen LogP contribution >= 0.6 is 11.3 Å². The molecule has 0 fully saturated rings. The maximum absolute atomic E-state index is 11.5. The summed E-state index contributed by atoms with van der Waals surface area (Å²) < 4.78 is 25.5. The largest absolute Gasteiger partial charge is 0.294 e. The summed E-state index contributed by atoms with van der Waals surface area (Å²) in [4.78, 5) is 10.7. The number of hydrogen-bond acceptors (Lipinski definition) is 5. The fraction of sp³-hybridized carbons (Fsp3) is 0.286. The first-order chi connectivity index (χ1) is 7.06. The van der Waals surface area contributed by atoms with Crippen LogP contribution in [0, 0.1) is 0 Å². The molecular weight excluding hydrogens is 238 g/mol. The molecule has 0 aliphatic rings. The van der Waals surface area contributed by atoms with Crippen molar-refractivity contribution in [2.45, 2.75) is 10.6 Å². The number of sulfonamides is 1. The van der Waals surface area contributed by atoms with Crippen molar-refractivity contribution in [1.82, 2.24) is 10.1 Å². The lowest BCUT2D eigenvalue weighted by atomic mass is 10.4. The van der Waals surface area contributed by atoms with E-state index in [2.05, 4.69) is 4.72 Å². The summed E-state index contributed by atoms with van der Waals surface area (Å²) in [5, 5.41) is 1.67. The number of amides is 1. The Hall–Kier alpha value is -0.960. The summed E-state index contributed by atoms with van der Waals surface area (Å²) in [6, 6.07) is 3.14. The van der Waals surface area contributed by atoms with Crippen LogP contribution in [0.5, 0.6) is 0 Å². The summed E-state index contributed by atoms with van der Waals surface area (Å²) in [6.07, 6.45) is 0.0150. The van der Waals surface area contributed by atoms with Gasteiger partial charge >= 0.3 is 0 Å². The maximum atomic E-state index is 11.5. The van der Waals surface area contributed by atoms with E-state index in [4.69, 9.17) is 5.84 Å². The van der Waals surface area contributed by atoms with Crippen LogP contribution in [-0.4, -0.2) is 20.9 Å². The first kappa shape index (κ1) is 12.1. The fourth-order valence-corrected chi connectivity index (χ4v) is 2.93. The van der Waals surface area contributed by atoms with E-state index in [1.807, 2.05) is 5.43 Å². The van der Waals surface area contributed by atoms with Crippen LogP contribution in [0.15, 0.2) is 21.7 Å². The topological polar surface area (TPSA) is 101 Å². The van der Waals surface area contributed by atoms with Crippen molar-refractivity contribution in [3.63, 3.8) is 0 Å². The van der Waals surface area contributed by atoms with Gasteiger partial charge in [0.05, 0.1) is 0 Å². The van der Waals surface area contributed by atoms with Crippen molar-refractivity contribution in [1.29, 1.82) is 0 Å². The molecule has 0 saturated carbocycles. The molecule has 84 valence electrons. The first-order valence-corrected chi connectivity index (χ1v) is 6.45. The van der Waals surface area contributed by atoms with Crippen LogP contribution in [0.1, 0.15) is 6.42 Å². The van der Waals surface area contributed by atoms with Gasteiger partial charge in [-0.25, -0.2) is 19.0 Å². The van der Waals surface area contributed by atoms with Crippen LogP contribution in [0.4, 0.5) is 0 Å². The van der Waals surface area contributed by atoms with Gasteiger partial charge in [0.2, 0.25) is 15.9 Å². The van der Waals surface area contributed by atoms with Crippen molar-refractivity contribution < 1.29 is 13.2 Å². The number of nitrogens with one attached hydrogen (secondary N) is 2. The molecule has 0 saturated heterocycles. The highest BCUT2D eigenvalue weighted by Gasteiger charge is 2.14. The number of hydrogen-bond donors (Lipinski definition) is 3. The minimum Gasteiger partial charge on any atom is -0.294 e. The van der Waals surface area contributed by atoms with Crippen molar-refractivity contribution in [3.05, 3.63) is 17.5 Å². The van der Waals surface area contributed by atoms with Gasteiger partial charge in [-0.2, -0.15) is 0 Å². The molecule has 1 aromatic rings. The van der Waals surface area contributed by atoms with E-state index in [1.54, 1.807) is 11.4 Å². The van der Waals surface area contributed by atoms with E-state index in [0.717, 1.165) is 11.3 Å². The average Bonchev–Trinajstić information content (AvgIpc) is 2.70. The zero-order valence-electron chi connectivity index (χ0n) is 7.76. The Morgan fingerprint density at radius 2 is 2.27 bits per heavy atom. The monoisotopic (exact) mass is 249 g/mol. The van der Waals surface area contributed by atoms with Gasteiger partial charge in [-0.3, -0.25) is 10.2 Å². The van der Waals surface area contributed by atoms with Crippen molar-refractivity contribution in [3.8, 4) is 0 Å². The van der Waals surface area contributed by atoms with Crippen molar-refractivity contribution in [2.24, 2.45) is 5.84 Å². The van der Waals surface area contributed by atoms with Crippen LogP contribution in [0.25, 0.3) is 0 Å². The Bertz CT molecular complexity index is 413. The van der Waals surface area contributed by atoms with E-state index in [0.29, 0.717) is 0 Å². The Morgan fingerprint density at radius 3 is 2.80 bits per heavy atom. The molecule has 6 nitrogen and oxygen atoms in total. The van der Waals surface area contributed by atoms with E-state index in [9.17, 15) is 13.2 Å². The third-order valence-corrected chi connectivity index (χ3v) is 4.42. The molecule has 1 amide bonds.